The summed E-state index contributed by atoms with van der Waals surface area (Å²) in [6, 6.07) is 10.8. The number of hydrogen-bond donors (Lipinski definition) is 1. The lowest BCUT2D eigenvalue weighted by Crippen LogP contribution is -2.10. The molecule has 110 valence electrons. The molecule has 1 N–H and O–H groups in total. The van der Waals surface area contributed by atoms with Crippen molar-refractivity contribution in [3.63, 3.8) is 0 Å². The van der Waals surface area contributed by atoms with E-state index in [-0.39, 0.29) is 11.1 Å². The number of hydrogen-bond acceptors (Lipinski definition) is 2. The van der Waals surface area contributed by atoms with Gasteiger partial charge in [0.05, 0.1) is 17.7 Å². The highest BCUT2D eigenvalue weighted by Crippen LogP contribution is 2.36. The van der Waals surface area contributed by atoms with Gasteiger partial charge in [0.15, 0.2) is 0 Å². The van der Waals surface area contributed by atoms with E-state index in [1.807, 2.05) is 18.2 Å². The topological polar surface area (TPSA) is 21.3 Å². The van der Waals surface area contributed by atoms with Crippen molar-refractivity contribution in [1.82, 2.24) is 0 Å². The summed E-state index contributed by atoms with van der Waals surface area (Å²) in [7, 11) is 0. The van der Waals surface area contributed by atoms with Crippen molar-refractivity contribution in [3.8, 4) is 5.75 Å². The Morgan fingerprint density at radius 1 is 1.24 bits per heavy atom. The molecule has 21 heavy (non-hydrogen) atoms. The smallest absolute Gasteiger partial charge is 0.141 e. The first kappa shape index (κ1) is 14.7. The predicted octanol–water partition coefficient (Wildman–Crippen LogP) is 5.57. The molecule has 0 aromatic heterocycles. The number of rotatable bonds is 2. The van der Waals surface area contributed by atoms with E-state index in [2.05, 4.69) is 21.2 Å². The highest BCUT2D eigenvalue weighted by molar-refractivity contribution is 9.10. The quantitative estimate of drug-likeness (QED) is 0.746. The van der Waals surface area contributed by atoms with Crippen LogP contribution in [0, 0.1) is 5.82 Å². The molecular weight excluding hydrogens is 357 g/mol. The van der Waals surface area contributed by atoms with Crippen LogP contribution in [-0.4, -0.2) is 6.61 Å². The predicted molar refractivity (Wildman–Crippen MR) is 86.6 cm³/mol. The van der Waals surface area contributed by atoms with E-state index in [4.69, 9.17) is 16.3 Å². The van der Waals surface area contributed by atoms with Gasteiger partial charge in [0, 0.05) is 15.7 Å². The first-order valence-electron chi connectivity index (χ1n) is 6.77. The molecule has 1 aliphatic heterocycles. The number of anilines is 1. The minimum atomic E-state index is -0.407. The molecule has 0 radical (unpaired) electrons. The second-order valence-corrected chi connectivity index (χ2v) is 6.32. The minimum Gasteiger partial charge on any atom is -0.493 e. The van der Waals surface area contributed by atoms with Gasteiger partial charge in [-0.15, -0.1) is 0 Å². The molecule has 0 saturated carbocycles. The van der Waals surface area contributed by atoms with Crippen LogP contribution in [0.1, 0.15) is 24.4 Å². The standard InChI is InChI=1S/C16H14BrClFNO/c17-10-3-5-12-15(2-1-7-21-16(12)8-10)20-11-4-6-14(19)13(18)9-11/h3-6,8-9,15,20H,1-2,7H2. The van der Waals surface area contributed by atoms with E-state index < -0.39 is 5.82 Å². The summed E-state index contributed by atoms with van der Waals surface area (Å²) in [6.45, 7) is 0.700. The van der Waals surface area contributed by atoms with E-state index in [9.17, 15) is 4.39 Å². The Hall–Kier alpha value is -1.26. The highest BCUT2D eigenvalue weighted by Gasteiger charge is 2.20. The monoisotopic (exact) mass is 369 g/mol. The zero-order valence-electron chi connectivity index (χ0n) is 11.2. The van der Waals surface area contributed by atoms with E-state index in [0.29, 0.717) is 6.61 Å². The van der Waals surface area contributed by atoms with Crippen molar-refractivity contribution in [2.24, 2.45) is 0 Å². The van der Waals surface area contributed by atoms with Gasteiger partial charge in [-0.1, -0.05) is 33.6 Å². The second kappa shape index (κ2) is 6.24. The van der Waals surface area contributed by atoms with Crippen LogP contribution in [0.2, 0.25) is 5.02 Å². The molecule has 0 amide bonds. The van der Waals surface area contributed by atoms with Crippen molar-refractivity contribution < 1.29 is 9.13 Å². The Kier molecular flexibility index (Phi) is 4.36. The molecule has 0 saturated heterocycles. The molecule has 0 aliphatic carbocycles. The summed E-state index contributed by atoms with van der Waals surface area (Å²) in [5, 5.41) is 3.54. The molecule has 3 rings (SSSR count). The van der Waals surface area contributed by atoms with Crippen LogP contribution < -0.4 is 10.1 Å². The Morgan fingerprint density at radius 3 is 2.90 bits per heavy atom. The molecular formula is C16H14BrClFNO. The van der Waals surface area contributed by atoms with E-state index in [1.54, 1.807) is 12.1 Å². The van der Waals surface area contributed by atoms with Gasteiger partial charge in [0.2, 0.25) is 0 Å². The Balaban J connectivity index is 1.90. The molecule has 0 bridgehead atoms. The lowest BCUT2D eigenvalue weighted by molar-refractivity contribution is 0.316. The van der Waals surface area contributed by atoms with Crippen molar-refractivity contribution in [2.75, 3.05) is 11.9 Å². The number of fused-ring (bicyclic) bond motifs is 1. The lowest BCUT2D eigenvalue weighted by Gasteiger charge is -2.20. The van der Waals surface area contributed by atoms with Crippen LogP contribution in [-0.2, 0) is 0 Å². The molecule has 1 atom stereocenters. The fourth-order valence-corrected chi connectivity index (χ4v) is 3.00. The van der Waals surface area contributed by atoms with Gasteiger partial charge in [-0.05, 0) is 43.2 Å². The van der Waals surface area contributed by atoms with E-state index >= 15 is 0 Å². The normalized spacial score (nSPS) is 17.6. The lowest BCUT2D eigenvalue weighted by atomic mass is 10.0. The Labute approximate surface area is 136 Å². The molecule has 0 fully saturated rings. The zero-order valence-corrected chi connectivity index (χ0v) is 13.5. The number of benzene rings is 2. The van der Waals surface area contributed by atoms with Gasteiger partial charge in [0.1, 0.15) is 11.6 Å². The van der Waals surface area contributed by atoms with Crippen molar-refractivity contribution >= 4 is 33.2 Å². The van der Waals surface area contributed by atoms with Crippen LogP contribution in [0.3, 0.4) is 0 Å². The summed E-state index contributed by atoms with van der Waals surface area (Å²) in [5.74, 6) is 0.475. The zero-order chi connectivity index (χ0) is 14.8. The Morgan fingerprint density at radius 2 is 2.10 bits per heavy atom. The largest absolute Gasteiger partial charge is 0.493 e. The van der Waals surface area contributed by atoms with Crippen molar-refractivity contribution in [3.05, 3.63) is 57.3 Å². The second-order valence-electron chi connectivity index (χ2n) is 5.00. The summed E-state index contributed by atoms with van der Waals surface area (Å²) >= 11 is 9.30. The summed E-state index contributed by atoms with van der Waals surface area (Å²) in [5.41, 5.74) is 1.92. The van der Waals surface area contributed by atoms with Crippen molar-refractivity contribution in [1.29, 1.82) is 0 Å². The van der Waals surface area contributed by atoms with Crippen LogP contribution in [0.25, 0.3) is 0 Å². The molecule has 2 aromatic carbocycles. The fraction of sp³-hybridized carbons (Fsp3) is 0.250. The van der Waals surface area contributed by atoms with Crippen LogP contribution >= 0.6 is 27.5 Å². The number of nitrogens with one attached hydrogen (secondary N) is 1. The summed E-state index contributed by atoms with van der Waals surface area (Å²) < 4.78 is 20.0. The third kappa shape index (κ3) is 3.33. The third-order valence-electron chi connectivity index (χ3n) is 3.51. The maximum Gasteiger partial charge on any atom is 0.141 e. The molecule has 5 heteroatoms. The van der Waals surface area contributed by atoms with E-state index in [0.717, 1.165) is 34.3 Å². The fourth-order valence-electron chi connectivity index (χ4n) is 2.48. The minimum absolute atomic E-state index is 0.122. The molecule has 0 spiro atoms. The molecule has 1 heterocycles. The van der Waals surface area contributed by atoms with Crippen LogP contribution in [0.5, 0.6) is 5.75 Å². The SMILES string of the molecule is Fc1ccc(NC2CCCOc3cc(Br)ccc32)cc1Cl. The van der Waals surface area contributed by atoms with Gasteiger partial charge in [0.25, 0.3) is 0 Å². The first-order valence-corrected chi connectivity index (χ1v) is 7.94. The molecule has 1 aliphatic rings. The van der Waals surface area contributed by atoms with Gasteiger partial charge in [-0.2, -0.15) is 0 Å². The highest BCUT2D eigenvalue weighted by atomic mass is 79.9. The average molecular weight is 371 g/mol. The molecule has 2 aromatic rings. The van der Waals surface area contributed by atoms with Crippen LogP contribution in [0.15, 0.2) is 40.9 Å². The van der Waals surface area contributed by atoms with E-state index in [1.165, 1.54) is 6.07 Å². The molecule has 2 nitrogen and oxygen atoms in total. The molecule has 1 unspecified atom stereocenters. The summed E-state index contributed by atoms with van der Waals surface area (Å²) in [6.07, 6.45) is 1.91. The van der Waals surface area contributed by atoms with Gasteiger partial charge >= 0.3 is 0 Å². The summed E-state index contributed by atoms with van der Waals surface area (Å²) in [4.78, 5) is 0. The first-order chi connectivity index (χ1) is 10.1. The van der Waals surface area contributed by atoms with Gasteiger partial charge in [-0.3, -0.25) is 0 Å². The third-order valence-corrected chi connectivity index (χ3v) is 4.29. The van der Waals surface area contributed by atoms with Gasteiger partial charge < -0.3 is 10.1 Å². The maximum atomic E-state index is 13.2. The number of ether oxygens (including phenoxy) is 1. The van der Waals surface area contributed by atoms with Crippen molar-refractivity contribution in [2.45, 2.75) is 18.9 Å². The Bertz CT molecular complexity index is 665. The number of halogens is 3. The van der Waals surface area contributed by atoms with Crippen LogP contribution in [0.4, 0.5) is 10.1 Å². The maximum absolute atomic E-state index is 13.2. The van der Waals surface area contributed by atoms with Gasteiger partial charge in [-0.25, -0.2) is 4.39 Å². The average Bonchev–Trinajstić information content (AvgIpc) is 2.65.